The number of nitrogens with zero attached hydrogens (tertiary/aromatic N) is 2. The molecule has 2 heterocycles. The predicted octanol–water partition coefficient (Wildman–Crippen LogP) is 1.16. The van der Waals surface area contributed by atoms with Crippen LogP contribution in [0.1, 0.15) is 74.6 Å². The van der Waals surface area contributed by atoms with Crippen LogP contribution in [0.25, 0.3) is 0 Å². The number of fused-ring (bicyclic) bond motifs is 2. The van der Waals surface area contributed by atoms with Crippen molar-refractivity contribution < 1.29 is 33.9 Å². The van der Waals surface area contributed by atoms with Crippen molar-refractivity contribution in [1.82, 2.24) is 36.5 Å². The van der Waals surface area contributed by atoms with E-state index in [1.54, 1.807) is 6.92 Å². The summed E-state index contributed by atoms with van der Waals surface area (Å²) < 4.78 is 0. The standard InChI is InChI=1S/C34H49N7O7S2/c1-7-24-30(45)38-25(13-14-49-6)31(46)36-23(15-22-11-9-8-10-12-22)16-41(34(48)21(5)42)17-27(43)40-28(19(2)3)33-39-26(18-50-33)32(47)35-20(4)29(44)37-24/h8-12,18-21,23-25,28,42H,7,13-17H2,1-6H3,(H,35,47)(H,36,46)(H,37,44)(H,38,45)(H,40,43)/t20-,21+,23+,24+,25+,28+/m1/s1. The lowest BCUT2D eigenvalue weighted by Crippen LogP contribution is -2.58. The third-order valence-corrected chi connectivity index (χ3v) is 9.72. The lowest BCUT2D eigenvalue weighted by atomic mass is 10.0. The van der Waals surface area contributed by atoms with E-state index in [4.69, 9.17) is 0 Å². The van der Waals surface area contributed by atoms with E-state index in [1.807, 2.05) is 50.4 Å². The summed E-state index contributed by atoms with van der Waals surface area (Å²) in [6, 6.07) is 4.96. The summed E-state index contributed by atoms with van der Waals surface area (Å²) in [5.41, 5.74) is 0.906. The van der Waals surface area contributed by atoms with Crippen LogP contribution in [0.4, 0.5) is 0 Å². The molecule has 1 aliphatic heterocycles. The van der Waals surface area contributed by atoms with Gasteiger partial charge in [-0.1, -0.05) is 51.1 Å². The van der Waals surface area contributed by atoms with Crippen LogP contribution in [0.3, 0.4) is 0 Å². The Balaban J connectivity index is 2.06. The van der Waals surface area contributed by atoms with Crippen molar-refractivity contribution in [3.05, 3.63) is 52.0 Å². The Bertz CT molecular complexity index is 1490. The average molecular weight is 732 g/mol. The molecule has 6 N–H and O–H groups in total. The van der Waals surface area contributed by atoms with Crippen LogP contribution in [-0.4, -0.2) is 106 Å². The first kappa shape index (κ1) is 40.4. The van der Waals surface area contributed by atoms with Crippen molar-refractivity contribution in [3.8, 4) is 0 Å². The second kappa shape index (κ2) is 19.4. The summed E-state index contributed by atoms with van der Waals surface area (Å²) in [6.45, 7) is 7.70. The molecule has 0 saturated carbocycles. The number of thiazole rings is 1. The molecule has 3 rings (SSSR count). The monoisotopic (exact) mass is 731 g/mol. The van der Waals surface area contributed by atoms with E-state index in [1.165, 1.54) is 35.9 Å². The van der Waals surface area contributed by atoms with Gasteiger partial charge in [-0.2, -0.15) is 11.8 Å². The molecule has 2 bridgehead atoms. The zero-order valence-electron chi connectivity index (χ0n) is 29.4. The minimum absolute atomic E-state index is 0.0520. The van der Waals surface area contributed by atoms with Crippen LogP contribution in [0.2, 0.25) is 0 Å². The maximum Gasteiger partial charge on any atom is 0.271 e. The molecular weight excluding hydrogens is 683 g/mol. The van der Waals surface area contributed by atoms with Crippen molar-refractivity contribution >= 4 is 58.5 Å². The van der Waals surface area contributed by atoms with Crippen molar-refractivity contribution in [2.75, 3.05) is 25.1 Å². The van der Waals surface area contributed by atoms with E-state index in [2.05, 4.69) is 31.6 Å². The maximum absolute atomic E-state index is 13.9. The number of nitrogens with one attached hydrogen (secondary N) is 5. The molecular formula is C34H49N7O7S2. The average Bonchev–Trinajstić information content (AvgIpc) is 3.57. The first-order chi connectivity index (χ1) is 23.7. The number of aliphatic hydroxyl groups excluding tert-OH is 1. The van der Waals surface area contributed by atoms with Crippen molar-refractivity contribution in [3.63, 3.8) is 0 Å². The normalized spacial score (nSPS) is 23.9. The number of carbonyl (C=O) groups is 6. The molecule has 0 unspecified atom stereocenters. The van der Waals surface area contributed by atoms with E-state index >= 15 is 0 Å². The number of rotatable bonds is 8. The number of aliphatic hydroxyl groups is 1. The molecule has 14 nitrogen and oxygen atoms in total. The van der Waals surface area contributed by atoms with Gasteiger partial charge < -0.3 is 36.6 Å². The second-order valence-electron chi connectivity index (χ2n) is 12.7. The number of benzene rings is 1. The van der Waals surface area contributed by atoms with Crippen LogP contribution in [0.5, 0.6) is 0 Å². The summed E-state index contributed by atoms with van der Waals surface area (Å²) >= 11 is 2.65. The Kier molecular flexibility index (Phi) is 15.7. The summed E-state index contributed by atoms with van der Waals surface area (Å²) in [5, 5.41) is 26.2. The number of hydrogen-bond donors (Lipinski definition) is 6. The van der Waals surface area contributed by atoms with Gasteiger partial charge in [0.05, 0.1) is 18.6 Å². The molecule has 6 atom stereocenters. The lowest BCUT2D eigenvalue weighted by molar-refractivity contribution is -0.143. The first-order valence-corrected chi connectivity index (χ1v) is 19.0. The van der Waals surface area contributed by atoms with Gasteiger partial charge >= 0.3 is 0 Å². The largest absolute Gasteiger partial charge is 0.384 e. The number of aromatic nitrogens is 1. The van der Waals surface area contributed by atoms with E-state index in [9.17, 15) is 33.9 Å². The van der Waals surface area contributed by atoms with Gasteiger partial charge in [0.15, 0.2) is 0 Å². The Hall–Kier alpha value is -4.02. The van der Waals surface area contributed by atoms with Gasteiger partial charge in [-0.15, -0.1) is 11.3 Å². The topological polar surface area (TPSA) is 199 Å². The van der Waals surface area contributed by atoms with Gasteiger partial charge in [0, 0.05) is 11.9 Å². The highest BCUT2D eigenvalue weighted by molar-refractivity contribution is 7.98. The Labute approximate surface area is 301 Å². The lowest BCUT2D eigenvalue weighted by Gasteiger charge is -2.31. The Morgan fingerprint density at radius 2 is 1.64 bits per heavy atom. The quantitative estimate of drug-likeness (QED) is 0.231. The first-order valence-electron chi connectivity index (χ1n) is 16.7. The van der Waals surface area contributed by atoms with Crippen LogP contribution in [-0.2, 0) is 30.4 Å². The molecule has 16 heteroatoms. The molecule has 0 aliphatic carbocycles. The van der Waals surface area contributed by atoms with Crippen molar-refractivity contribution in [2.45, 2.75) is 90.2 Å². The highest BCUT2D eigenvalue weighted by Crippen LogP contribution is 2.25. The Morgan fingerprint density at radius 3 is 2.26 bits per heavy atom. The number of amides is 6. The molecule has 274 valence electrons. The summed E-state index contributed by atoms with van der Waals surface area (Å²) in [6.07, 6.45) is 1.22. The van der Waals surface area contributed by atoms with Gasteiger partial charge in [-0.3, -0.25) is 28.8 Å². The molecule has 1 aliphatic rings. The van der Waals surface area contributed by atoms with Crippen molar-refractivity contribution in [2.24, 2.45) is 5.92 Å². The van der Waals surface area contributed by atoms with Gasteiger partial charge in [0.1, 0.15) is 34.9 Å². The number of thioether (sulfide) groups is 1. The number of carbonyl (C=O) groups excluding carboxylic acids is 6. The smallest absolute Gasteiger partial charge is 0.271 e. The highest BCUT2D eigenvalue weighted by atomic mass is 32.2. The minimum Gasteiger partial charge on any atom is -0.384 e. The van der Waals surface area contributed by atoms with E-state index in [0.29, 0.717) is 10.8 Å². The minimum atomic E-state index is -1.43. The molecule has 2 aromatic rings. The maximum atomic E-state index is 13.9. The molecule has 1 aromatic carbocycles. The molecule has 6 amide bonds. The van der Waals surface area contributed by atoms with Gasteiger partial charge in [0.25, 0.3) is 11.8 Å². The van der Waals surface area contributed by atoms with Crippen LogP contribution >= 0.6 is 23.1 Å². The number of hydrogen-bond acceptors (Lipinski definition) is 10. The summed E-state index contributed by atoms with van der Waals surface area (Å²) in [4.78, 5) is 86.0. The molecule has 0 fully saturated rings. The molecule has 1 aromatic heterocycles. The molecule has 0 saturated heterocycles. The molecule has 0 radical (unpaired) electrons. The van der Waals surface area contributed by atoms with Crippen molar-refractivity contribution in [1.29, 1.82) is 0 Å². The van der Waals surface area contributed by atoms with E-state index in [0.717, 1.165) is 16.9 Å². The van der Waals surface area contributed by atoms with Gasteiger partial charge in [-0.05, 0) is 56.6 Å². The zero-order chi connectivity index (χ0) is 37.0. The SMILES string of the molecule is CC[C@@H]1NC(=O)[C@@H](C)NC(=O)c2csc(n2)[C@H](C(C)C)NC(=O)CN(C(=O)[C@H](C)O)C[C@H](Cc2ccccc2)NC(=O)[C@H](CCSC)NC1=O. The second-order valence-corrected chi connectivity index (χ2v) is 14.5. The highest BCUT2D eigenvalue weighted by Gasteiger charge is 2.32. The van der Waals surface area contributed by atoms with Crippen LogP contribution in [0, 0.1) is 5.92 Å². The van der Waals surface area contributed by atoms with Gasteiger partial charge in [0.2, 0.25) is 23.6 Å². The third-order valence-electron chi connectivity index (χ3n) is 8.15. The summed E-state index contributed by atoms with van der Waals surface area (Å²) in [7, 11) is 0. The fourth-order valence-electron chi connectivity index (χ4n) is 5.33. The zero-order valence-corrected chi connectivity index (χ0v) is 31.0. The predicted molar refractivity (Wildman–Crippen MR) is 192 cm³/mol. The van der Waals surface area contributed by atoms with Crippen LogP contribution in [0.15, 0.2) is 35.7 Å². The summed E-state index contributed by atoms with van der Waals surface area (Å²) in [5.74, 6) is -3.14. The third kappa shape index (κ3) is 11.8. The fraction of sp³-hybridized carbons (Fsp3) is 0.559. The molecule has 50 heavy (non-hydrogen) atoms. The fourth-order valence-corrected chi connectivity index (χ4v) is 6.82. The Morgan fingerprint density at radius 1 is 0.980 bits per heavy atom. The van der Waals surface area contributed by atoms with E-state index < -0.39 is 78.3 Å². The van der Waals surface area contributed by atoms with E-state index in [-0.39, 0.29) is 37.4 Å². The van der Waals surface area contributed by atoms with Gasteiger partial charge in [-0.25, -0.2) is 4.98 Å². The molecule has 0 spiro atoms. The van der Waals surface area contributed by atoms with Crippen LogP contribution < -0.4 is 26.6 Å².